The van der Waals surface area contributed by atoms with Gasteiger partial charge in [0.15, 0.2) is 0 Å². The van der Waals surface area contributed by atoms with E-state index in [1.807, 2.05) is 30.3 Å². The molecule has 0 unspecified atom stereocenters. The van der Waals surface area contributed by atoms with Crippen LogP contribution in [0.5, 0.6) is 11.6 Å². The Bertz CT molecular complexity index is 1470. The van der Waals surface area contributed by atoms with Crippen LogP contribution in [0.25, 0.3) is 22.9 Å². The number of rotatable bonds is 6. The predicted octanol–water partition coefficient (Wildman–Crippen LogP) is 5.07. The quantitative estimate of drug-likeness (QED) is 0.400. The smallest absolute Gasteiger partial charge is 0.213 e. The number of H-pyrrole nitrogens is 1. The molecule has 0 amide bonds. The Kier molecular flexibility index (Phi) is 6.08. The zero-order chi connectivity index (χ0) is 25.4. The molecule has 1 aromatic carbocycles. The maximum Gasteiger partial charge on any atom is 0.213 e. The number of nitrogens with one attached hydrogen (secondary N) is 1. The van der Waals surface area contributed by atoms with Gasteiger partial charge in [-0.05, 0) is 55.2 Å². The van der Waals surface area contributed by atoms with E-state index in [0.717, 1.165) is 83.5 Å². The Morgan fingerprint density at radius 1 is 0.973 bits per heavy atom. The number of piperidine rings is 1. The second-order valence-corrected chi connectivity index (χ2v) is 9.58. The number of pyridine rings is 1. The highest BCUT2D eigenvalue weighted by Crippen LogP contribution is 2.38. The molecule has 1 saturated heterocycles. The number of imidazole rings is 1. The number of aromatic amines is 1. The minimum absolute atomic E-state index is 0.389. The van der Waals surface area contributed by atoms with E-state index in [4.69, 9.17) is 19.4 Å². The van der Waals surface area contributed by atoms with Crippen molar-refractivity contribution in [1.82, 2.24) is 24.9 Å². The van der Waals surface area contributed by atoms with Crippen LogP contribution < -0.4 is 14.4 Å². The van der Waals surface area contributed by atoms with Gasteiger partial charge in [-0.3, -0.25) is 0 Å². The molecule has 0 bridgehead atoms. The van der Waals surface area contributed by atoms with Crippen molar-refractivity contribution in [3.63, 3.8) is 0 Å². The van der Waals surface area contributed by atoms with E-state index in [-0.39, 0.29) is 0 Å². The fourth-order valence-electron chi connectivity index (χ4n) is 5.37. The lowest BCUT2D eigenvalue weighted by molar-refractivity contribution is 0.398. The molecule has 8 heteroatoms. The molecule has 4 aromatic rings. The Balaban J connectivity index is 1.19. The van der Waals surface area contributed by atoms with Gasteiger partial charge in [0.25, 0.3) is 0 Å². The number of benzene rings is 1. The molecule has 0 radical (unpaired) electrons. The van der Waals surface area contributed by atoms with Crippen LogP contribution in [0.3, 0.4) is 0 Å². The highest BCUT2D eigenvalue weighted by Gasteiger charge is 2.28. The Hall–Kier alpha value is -4.20. The molecular formula is C29H30N6O2. The van der Waals surface area contributed by atoms with Gasteiger partial charge in [-0.1, -0.05) is 12.1 Å². The van der Waals surface area contributed by atoms with Crippen LogP contribution in [0.15, 0.2) is 48.9 Å². The standard InChI is InChI=1S/C29H30N6O2/c1-18-27(21-5-4-6-23(13-21)36-2)34-28(33-18)19-8-11-35(12-9-19)29-24-14-22(15-25(24)31-17-32-29)20-7-10-30-26(16-20)37-3/h4-7,10,13-14,16-17,19H,8-9,11-12,15H2,1-3H3,(H,33,34). The lowest BCUT2D eigenvalue weighted by atomic mass is 9.96. The minimum Gasteiger partial charge on any atom is -0.497 e. The van der Waals surface area contributed by atoms with Gasteiger partial charge in [0.2, 0.25) is 5.88 Å². The molecular weight excluding hydrogens is 464 g/mol. The SMILES string of the molecule is COc1cccc(-c2nc(C3CCN(c4ncnc5c4C=C(c4ccnc(OC)c4)C5)CC3)[nH]c2C)c1. The summed E-state index contributed by atoms with van der Waals surface area (Å²) in [5, 5.41) is 0. The van der Waals surface area contributed by atoms with Crippen LogP contribution in [0, 0.1) is 6.92 Å². The maximum absolute atomic E-state index is 5.40. The lowest BCUT2D eigenvalue weighted by Gasteiger charge is -2.32. The molecule has 1 N–H and O–H groups in total. The molecule has 188 valence electrons. The number of aromatic nitrogens is 5. The molecule has 1 aliphatic heterocycles. The summed E-state index contributed by atoms with van der Waals surface area (Å²) in [5.41, 5.74) is 7.67. The van der Waals surface area contributed by atoms with Crippen LogP contribution in [-0.2, 0) is 6.42 Å². The molecule has 0 spiro atoms. The molecule has 0 saturated carbocycles. The van der Waals surface area contributed by atoms with Gasteiger partial charge in [0.1, 0.15) is 23.7 Å². The van der Waals surface area contributed by atoms with E-state index in [9.17, 15) is 0 Å². The molecule has 3 aromatic heterocycles. The number of hydrogen-bond acceptors (Lipinski definition) is 7. The minimum atomic E-state index is 0.389. The number of allylic oxidation sites excluding steroid dienone is 1. The second kappa shape index (κ2) is 9.69. The average Bonchev–Trinajstić information content (AvgIpc) is 3.57. The monoisotopic (exact) mass is 494 g/mol. The van der Waals surface area contributed by atoms with Crippen LogP contribution in [-0.4, -0.2) is 52.2 Å². The van der Waals surface area contributed by atoms with E-state index in [1.54, 1.807) is 26.7 Å². The first-order valence-electron chi connectivity index (χ1n) is 12.6. The van der Waals surface area contributed by atoms with E-state index < -0.39 is 0 Å². The van der Waals surface area contributed by atoms with Crippen LogP contribution >= 0.6 is 0 Å². The lowest BCUT2D eigenvalue weighted by Crippen LogP contribution is -2.34. The molecule has 8 nitrogen and oxygen atoms in total. The molecule has 1 fully saturated rings. The zero-order valence-corrected chi connectivity index (χ0v) is 21.4. The first kappa shape index (κ1) is 23.2. The van der Waals surface area contributed by atoms with Crippen LogP contribution in [0.1, 0.15) is 47.1 Å². The normalized spacial score (nSPS) is 15.4. The number of methoxy groups -OCH3 is 2. The van der Waals surface area contributed by atoms with Crippen molar-refractivity contribution < 1.29 is 9.47 Å². The van der Waals surface area contributed by atoms with Crippen molar-refractivity contribution in [2.45, 2.75) is 32.1 Å². The zero-order valence-electron chi connectivity index (χ0n) is 21.4. The number of hydrogen-bond donors (Lipinski definition) is 1. The van der Waals surface area contributed by atoms with Gasteiger partial charge in [0, 0.05) is 54.5 Å². The van der Waals surface area contributed by atoms with Gasteiger partial charge in [-0.2, -0.15) is 0 Å². The van der Waals surface area contributed by atoms with E-state index in [0.29, 0.717) is 11.8 Å². The first-order valence-corrected chi connectivity index (χ1v) is 12.6. The summed E-state index contributed by atoms with van der Waals surface area (Å²) in [7, 11) is 3.33. The van der Waals surface area contributed by atoms with Gasteiger partial charge in [-0.15, -0.1) is 0 Å². The summed E-state index contributed by atoms with van der Waals surface area (Å²) in [6.07, 6.45) is 8.52. The Morgan fingerprint density at radius 3 is 2.65 bits per heavy atom. The summed E-state index contributed by atoms with van der Waals surface area (Å²) in [5.74, 6) is 3.93. The fourth-order valence-corrected chi connectivity index (χ4v) is 5.37. The highest BCUT2D eigenvalue weighted by molar-refractivity contribution is 5.91. The average molecular weight is 495 g/mol. The Morgan fingerprint density at radius 2 is 1.84 bits per heavy atom. The highest BCUT2D eigenvalue weighted by atomic mass is 16.5. The third-order valence-electron chi connectivity index (χ3n) is 7.36. The molecule has 2 aliphatic rings. The van der Waals surface area contributed by atoms with E-state index in [1.165, 1.54) is 5.57 Å². The van der Waals surface area contributed by atoms with Crippen molar-refractivity contribution in [3.05, 3.63) is 77.3 Å². The largest absolute Gasteiger partial charge is 0.497 e. The second-order valence-electron chi connectivity index (χ2n) is 9.58. The third-order valence-corrected chi connectivity index (χ3v) is 7.36. The van der Waals surface area contributed by atoms with Crippen molar-refractivity contribution in [2.24, 2.45) is 0 Å². The third kappa shape index (κ3) is 4.43. The van der Waals surface area contributed by atoms with Crippen molar-refractivity contribution in [1.29, 1.82) is 0 Å². The summed E-state index contributed by atoms with van der Waals surface area (Å²) in [4.78, 5) is 24.5. The van der Waals surface area contributed by atoms with Crippen molar-refractivity contribution in [2.75, 3.05) is 32.2 Å². The van der Waals surface area contributed by atoms with Crippen molar-refractivity contribution >= 4 is 17.5 Å². The molecule has 37 heavy (non-hydrogen) atoms. The number of anilines is 1. The number of aryl methyl sites for hydroxylation is 1. The number of ether oxygens (including phenoxy) is 2. The van der Waals surface area contributed by atoms with Crippen LogP contribution in [0.2, 0.25) is 0 Å². The van der Waals surface area contributed by atoms with E-state index >= 15 is 0 Å². The maximum atomic E-state index is 5.40. The van der Waals surface area contributed by atoms with Crippen LogP contribution in [0.4, 0.5) is 5.82 Å². The van der Waals surface area contributed by atoms with Gasteiger partial charge >= 0.3 is 0 Å². The summed E-state index contributed by atoms with van der Waals surface area (Å²) in [6.45, 7) is 3.94. The predicted molar refractivity (Wildman–Crippen MR) is 144 cm³/mol. The topological polar surface area (TPSA) is 89.1 Å². The summed E-state index contributed by atoms with van der Waals surface area (Å²) in [6, 6.07) is 12.1. The first-order chi connectivity index (χ1) is 18.1. The fraction of sp³-hybridized carbons (Fsp3) is 0.310. The summed E-state index contributed by atoms with van der Waals surface area (Å²) < 4.78 is 10.7. The van der Waals surface area contributed by atoms with Gasteiger partial charge in [0.05, 0.1) is 25.6 Å². The van der Waals surface area contributed by atoms with E-state index in [2.05, 4.69) is 38.9 Å². The molecule has 1 aliphatic carbocycles. The van der Waals surface area contributed by atoms with Crippen molar-refractivity contribution in [3.8, 4) is 22.9 Å². The Labute approximate surface area is 216 Å². The number of nitrogens with zero attached hydrogens (tertiary/aromatic N) is 5. The van der Waals surface area contributed by atoms with Gasteiger partial charge < -0.3 is 19.4 Å². The molecule has 6 rings (SSSR count). The van der Waals surface area contributed by atoms with Gasteiger partial charge in [-0.25, -0.2) is 19.9 Å². The molecule has 4 heterocycles. The summed E-state index contributed by atoms with van der Waals surface area (Å²) >= 11 is 0. The number of fused-ring (bicyclic) bond motifs is 1. The molecule has 0 atom stereocenters.